The molecule has 69 heavy (non-hydrogen) atoms. The van der Waals surface area contributed by atoms with Crippen LogP contribution in [0.1, 0.15) is 95.6 Å². The van der Waals surface area contributed by atoms with Gasteiger partial charge >= 0.3 is 53.8 Å². The van der Waals surface area contributed by atoms with Crippen LogP contribution in [0.4, 0.5) is 4.79 Å². The Morgan fingerprint density at radius 1 is 0.522 bits per heavy atom. The normalized spacial score (nSPS) is 25.6. The molecular weight excluding hydrogens is 922 g/mol. The van der Waals surface area contributed by atoms with E-state index in [4.69, 9.17) is 63.1 Å². The van der Waals surface area contributed by atoms with Gasteiger partial charge in [0, 0.05) is 66.2 Å². The van der Waals surface area contributed by atoms with Crippen LogP contribution in [0.25, 0.3) is 0 Å². The fourth-order valence-corrected chi connectivity index (χ4v) is 6.96. The Balaban J connectivity index is 1.54. The van der Waals surface area contributed by atoms with Gasteiger partial charge in [-0.15, -0.1) is 10.2 Å². The average molecular weight is 982 g/mol. The molecule has 27 heteroatoms. The minimum Gasteiger partial charge on any atom is -0.463 e. The third kappa shape index (κ3) is 15.0. The van der Waals surface area contributed by atoms with E-state index in [0.717, 1.165) is 26.7 Å². The van der Waals surface area contributed by atoms with E-state index in [2.05, 4.69) is 20.6 Å². The molecule has 2 aliphatic heterocycles. The average Bonchev–Trinajstić information content (AvgIpc) is 4.15. The van der Waals surface area contributed by atoms with Crippen molar-refractivity contribution in [2.45, 2.75) is 136 Å². The molecule has 5 rings (SSSR count). The highest BCUT2D eigenvalue weighted by Crippen LogP contribution is 2.36. The Labute approximate surface area is 404 Å². The van der Waals surface area contributed by atoms with Gasteiger partial charge < -0.3 is 52.1 Å². The van der Waals surface area contributed by atoms with Crippen LogP contribution in [0.5, 0.6) is 0 Å². The predicted molar refractivity (Wildman–Crippen MR) is 220 cm³/mol. The summed E-state index contributed by atoms with van der Waals surface area (Å²) >= 11 is 0. The van der Waals surface area contributed by atoms with E-state index in [1.54, 1.807) is 30.3 Å². The summed E-state index contributed by atoms with van der Waals surface area (Å²) < 4.78 is 122. The zero-order chi connectivity index (χ0) is 56.2. The van der Waals surface area contributed by atoms with Crippen molar-refractivity contribution in [3.8, 4) is 0 Å². The van der Waals surface area contributed by atoms with Gasteiger partial charge in [0.15, 0.2) is 49.1 Å². The monoisotopic (exact) mass is 981 g/mol. The van der Waals surface area contributed by atoms with Gasteiger partial charge in [-0.05, 0) is 5.56 Å². The van der Waals surface area contributed by atoms with Crippen LogP contribution in [0.3, 0.4) is 0 Å². The molecule has 10 atom stereocenters. The molecule has 2 aliphatic rings. The maximum absolute atomic E-state index is 14.0. The number of benzene rings is 1. The molecule has 0 aliphatic carbocycles. The third-order valence-corrected chi connectivity index (χ3v) is 9.45. The van der Waals surface area contributed by atoms with E-state index >= 15 is 0 Å². The second-order valence-electron chi connectivity index (χ2n) is 14.5. The fourth-order valence-electron chi connectivity index (χ4n) is 6.96. The molecule has 2 unspecified atom stereocenters. The number of carbonyl (C=O) groups excluding carboxylic acids is 9. The first kappa shape index (κ1) is 41.6. The molecule has 2 fully saturated rings. The molecule has 2 saturated heterocycles. The second kappa shape index (κ2) is 23.9. The van der Waals surface area contributed by atoms with Crippen LogP contribution in [-0.4, -0.2) is 151 Å². The SMILES string of the molecule is [2H]CC(=O)OC[C@H]1OC(n2cc(CN(Cc3cn(C4O[C@H](COC(=O)C[2H])[C@@H](OC(=O)C[2H])[C@H](OC(=O)C[2H])[C@@H]4OC(=O)C[2H])nn3)C(=O)OCc3ccccc3)nn2)[C@@H](OC(=O)C[2H])[C@@H](OC(=O)C[2H])[C@@H]1OC(=O)C[2H]. The lowest BCUT2D eigenvalue weighted by molar-refractivity contribution is -0.270. The highest BCUT2D eigenvalue weighted by molar-refractivity contribution is 5.70. The molecule has 0 spiro atoms. The zero-order valence-electron chi connectivity index (χ0n) is 44.3. The summed E-state index contributed by atoms with van der Waals surface area (Å²) in [6, 6.07) is 8.44. The molecule has 1 amide bonds. The van der Waals surface area contributed by atoms with E-state index in [9.17, 15) is 43.2 Å². The molecular formula is C42H51N7O20. The first-order valence-corrected chi connectivity index (χ1v) is 19.9. The van der Waals surface area contributed by atoms with Crippen LogP contribution in [-0.2, 0) is 110 Å². The number of nitrogens with zero attached hydrogens (tertiary/aromatic N) is 7. The Hall–Kier alpha value is -7.55. The van der Waals surface area contributed by atoms with Crippen LogP contribution in [0.2, 0.25) is 0 Å². The van der Waals surface area contributed by atoms with Crippen molar-refractivity contribution < 1.29 is 106 Å². The maximum Gasteiger partial charge on any atom is 0.410 e. The molecule has 0 saturated carbocycles. The molecule has 0 N–H and O–H groups in total. The predicted octanol–water partition coefficient (Wildman–Crippen LogP) is 0.720. The molecule has 4 heterocycles. The Kier molecular flexibility index (Phi) is 14.4. The lowest BCUT2D eigenvalue weighted by Gasteiger charge is -2.44. The summed E-state index contributed by atoms with van der Waals surface area (Å²) in [6.07, 6.45) is -16.5. The maximum atomic E-state index is 14.0. The summed E-state index contributed by atoms with van der Waals surface area (Å²) in [6.45, 7) is -10.5. The van der Waals surface area contributed by atoms with Crippen molar-refractivity contribution in [1.29, 1.82) is 0 Å². The smallest absolute Gasteiger partial charge is 0.410 e. The number of amides is 1. The molecule has 0 radical (unpaired) electrons. The highest BCUT2D eigenvalue weighted by Gasteiger charge is 2.55. The van der Waals surface area contributed by atoms with Crippen LogP contribution >= 0.6 is 0 Å². The zero-order valence-corrected chi connectivity index (χ0v) is 36.3. The largest absolute Gasteiger partial charge is 0.463 e. The van der Waals surface area contributed by atoms with Crippen molar-refractivity contribution in [2.75, 3.05) is 13.2 Å². The van der Waals surface area contributed by atoms with E-state index in [1.165, 1.54) is 0 Å². The number of aromatic nitrogens is 6. The van der Waals surface area contributed by atoms with E-state index in [-0.39, 0.29) is 18.0 Å². The van der Waals surface area contributed by atoms with Gasteiger partial charge in [0.25, 0.3) is 0 Å². The lowest BCUT2D eigenvalue weighted by Crippen LogP contribution is -2.60. The van der Waals surface area contributed by atoms with E-state index in [1.807, 2.05) is 0 Å². The van der Waals surface area contributed by atoms with Gasteiger partial charge in [0.05, 0.1) is 25.5 Å². The number of ether oxygens (including phenoxy) is 11. The number of hydrogen-bond donors (Lipinski definition) is 0. The molecule has 2 aromatic heterocycles. The quantitative estimate of drug-likeness (QED) is 0.125. The second-order valence-corrected chi connectivity index (χ2v) is 14.5. The summed E-state index contributed by atoms with van der Waals surface area (Å²) in [4.78, 5) is 115. The number of esters is 8. The summed E-state index contributed by atoms with van der Waals surface area (Å²) in [5, 5.41) is 16.4. The standard InChI is InChI=1S/C42H51N7O20/c1-21(50)59-19-32-34(62-23(3)52)36(64-25(5)54)38(66-27(7)56)40(68-32)48-16-30(43-45-48)14-47(42(58)61-18-29-12-10-9-11-13-29)15-31-17-49(46-44-31)41-39(67-28(8)57)37(65-26(6)55)35(63-24(4)53)33(69-41)20-60-22(2)51/h9-13,16-17,32-41H,14-15,18-20H2,1-8H3/t32-,33-,34-,35-,36+,37+,38+,39+,40?,41?/m1/s1/i1D,2D,3D,4D,5D,6D,7D,8D. The minimum atomic E-state index is -1.88. The van der Waals surface area contributed by atoms with E-state index < -0.39 is 197 Å². The van der Waals surface area contributed by atoms with Gasteiger partial charge in [0.2, 0.25) is 0 Å². The van der Waals surface area contributed by atoms with Crippen molar-refractivity contribution in [1.82, 2.24) is 34.9 Å². The van der Waals surface area contributed by atoms with Crippen molar-refractivity contribution in [3.05, 3.63) is 59.7 Å². The van der Waals surface area contributed by atoms with Crippen molar-refractivity contribution in [2.24, 2.45) is 0 Å². The molecule has 27 nitrogen and oxygen atoms in total. The minimum absolute atomic E-state index is 0.0850. The van der Waals surface area contributed by atoms with Crippen molar-refractivity contribution in [3.63, 3.8) is 0 Å². The van der Waals surface area contributed by atoms with E-state index in [0.29, 0.717) is 5.56 Å². The first-order valence-electron chi connectivity index (χ1n) is 25.6. The third-order valence-electron chi connectivity index (χ3n) is 9.45. The van der Waals surface area contributed by atoms with Crippen molar-refractivity contribution >= 4 is 53.8 Å². The summed E-state index contributed by atoms with van der Waals surface area (Å²) in [5.41, 5.74) is 0.394. The Morgan fingerprint density at radius 3 is 1.29 bits per heavy atom. The topological polar surface area (TPSA) is 320 Å². The summed E-state index contributed by atoms with van der Waals surface area (Å²) in [5.74, 6) is -9.45. The highest BCUT2D eigenvalue weighted by atomic mass is 16.7. The first-order chi connectivity index (χ1) is 37.0. The van der Waals surface area contributed by atoms with Crippen LogP contribution < -0.4 is 0 Å². The molecule has 374 valence electrons. The number of rotatable bonds is 18. The van der Waals surface area contributed by atoms with Gasteiger partial charge in [-0.25, -0.2) is 14.2 Å². The van der Waals surface area contributed by atoms with Gasteiger partial charge in [0.1, 0.15) is 43.4 Å². The number of hydrogen-bond acceptors (Lipinski definition) is 24. The van der Waals surface area contributed by atoms with Crippen LogP contribution in [0.15, 0.2) is 42.7 Å². The summed E-state index contributed by atoms with van der Waals surface area (Å²) in [7, 11) is 0. The lowest BCUT2D eigenvalue weighted by atomic mass is 9.97. The molecule has 3 aromatic rings. The van der Waals surface area contributed by atoms with Gasteiger partial charge in [-0.2, -0.15) is 0 Å². The fraction of sp³-hybridized carbons (Fsp3) is 0.548. The molecule has 0 bridgehead atoms. The molecule has 1 aromatic carbocycles. The Bertz CT molecular complexity index is 2380. The number of carbonyl (C=O) groups is 9. The van der Waals surface area contributed by atoms with Gasteiger partial charge in [-0.1, -0.05) is 40.8 Å². The van der Waals surface area contributed by atoms with Gasteiger partial charge in [-0.3, -0.25) is 43.3 Å². The van der Waals surface area contributed by atoms with Crippen LogP contribution in [0, 0.1) is 0 Å². The Morgan fingerprint density at radius 2 is 0.899 bits per heavy atom.